The minimum absolute atomic E-state index is 0.0181. The van der Waals surface area contributed by atoms with Crippen molar-refractivity contribution in [2.45, 2.75) is 65.3 Å². The van der Waals surface area contributed by atoms with Gasteiger partial charge in [0.25, 0.3) is 0 Å². The molecule has 3 rings (SSSR count). The molecule has 11 heteroatoms. The Balaban J connectivity index is 1.35. The van der Waals surface area contributed by atoms with Gasteiger partial charge in [-0.05, 0) is 54.0 Å². The van der Waals surface area contributed by atoms with Crippen molar-refractivity contribution in [1.82, 2.24) is 20.8 Å². The maximum atomic E-state index is 12.6. The molecule has 228 valence electrons. The predicted octanol–water partition coefficient (Wildman–Crippen LogP) is 4.10. The summed E-state index contributed by atoms with van der Waals surface area (Å²) < 4.78 is 0. The highest BCUT2D eigenvalue weighted by atomic mass is 32.1. The summed E-state index contributed by atoms with van der Waals surface area (Å²) in [6, 6.07) is 17.1. The van der Waals surface area contributed by atoms with E-state index in [0.29, 0.717) is 36.1 Å². The molecule has 0 bridgehead atoms. The molecule has 0 radical (unpaired) electrons. The number of aromatic nitrogens is 2. The molecule has 0 aliphatic carbocycles. The summed E-state index contributed by atoms with van der Waals surface area (Å²) in [6.45, 7) is 4.44. The highest BCUT2D eigenvalue weighted by Gasteiger charge is 2.11. The molecule has 1 heterocycles. The van der Waals surface area contributed by atoms with Gasteiger partial charge in [0.15, 0.2) is 0 Å². The molecule has 1 aromatic heterocycles. The van der Waals surface area contributed by atoms with E-state index in [1.807, 2.05) is 68.4 Å². The summed E-state index contributed by atoms with van der Waals surface area (Å²) in [7, 11) is 0. The van der Waals surface area contributed by atoms with Crippen LogP contribution in [0.5, 0.6) is 0 Å². The molecule has 0 aliphatic heterocycles. The lowest BCUT2D eigenvalue weighted by Crippen LogP contribution is -2.28. The number of benzene rings is 2. The number of anilines is 1. The molecule has 0 saturated carbocycles. The van der Waals surface area contributed by atoms with Crippen molar-refractivity contribution in [2.24, 2.45) is 17.4 Å². The van der Waals surface area contributed by atoms with Gasteiger partial charge in [-0.25, -0.2) is 0 Å². The van der Waals surface area contributed by atoms with Gasteiger partial charge >= 0.3 is 0 Å². The number of nitrogens with one attached hydrogen (secondary N) is 3. The lowest BCUT2D eigenvalue weighted by molar-refractivity contribution is -0.122. The van der Waals surface area contributed by atoms with Crippen LogP contribution in [0.1, 0.15) is 61.2 Å². The minimum atomic E-state index is -0.187. The summed E-state index contributed by atoms with van der Waals surface area (Å²) >= 11 is 1.36. The standard InChI is InChI=1S/C32H41N7O3S/c1-22(2)17-28(40)35-21-25-12-8-11-24(18-25)20-30(42)37-32-39-38-31(43-32)14-7-6-13-26(33)15-16-27(34)36-29(41)19-23-9-4-3-5-10-23/h3-5,8-12,15-16,18,22H,6-7,13-14,17,19-21,33-34H2,1-2H3,(H,35,40)(H,36,41)(H,37,39,42)/b26-15-,27-16+. The Bertz CT molecular complexity index is 1420. The van der Waals surface area contributed by atoms with E-state index in [9.17, 15) is 14.4 Å². The maximum absolute atomic E-state index is 12.6. The highest BCUT2D eigenvalue weighted by molar-refractivity contribution is 7.15. The van der Waals surface area contributed by atoms with Crippen LogP contribution in [0.2, 0.25) is 0 Å². The van der Waals surface area contributed by atoms with Crippen molar-refractivity contribution >= 4 is 34.2 Å². The lowest BCUT2D eigenvalue weighted by Gasteiger charge is -2.08. The van der Waals surface area contributed by atoms with Crippen molar-refractivity contribution in [3.8, 4) is 0 Å². The number of amides is 3. The van der Waals surface area contributed by atoms with Crippen molar-refractivity contribution < 1.29 is 14.4 Å². The third-order valence-electron chi connectivity index (χ3n) is 6.23. The van der Waals surface area contributed by atoms with Crippen LogP contribution >= 0.6 is 11.3 Å². The molecule has 0 fully saturated rings. The minimum Gasteiger partial charge on any atom is -0.402 e. The second-order valence-electron chi connectivity index (χ2n) is 10.7. The van der Waals surface area contributed by atoms with Crippen LogP contribution in [-0.2, 0) is 40.2 Å². The van der Waals surface area contributed by atoms with E-state index in [4.69, 9.17) is 11.5 Å². The highest BCUT2D eigenvalue weighted by Crippen LogP contribution is 2.18. The molecule has 0 aliphatic rings. The zero-order valence-corrected chi connectivity index (χ0v) is 25.6. The number of carbonyl (C=O) groups is 3. The third kappa shape index (κ3) is 13.3. The van der Waals surface area contributed by atoms with Crippen molar-refractivity contribution in [2.75, 3.05) is 5.32 Å². The van der Waals surface area contributed by atoms with Crippen LogP contribution in [0, 0.1) is 5.92 Å². The maximum Gasteiger partial charge on any atom is 0.230 e. The topological polar surface area (TPSA) is 165 Å². The monoisotopic (exact) mass is 603 g/mol. The molecule has 0 saturated heterocycles. The largest absolute Gasteiger partial charge is 0.402 e. The van der Waals surface area contributed by atoms with Crippen molar-refractivity contribution in [3.63, 3.8) is 0 Å². The Hall–Kier alpha value is -4.51. The van der Waals surface area contributed by atoms with Gasteiger partial charge in [-0.3, -0.25) is 14.4 Å². The van der Waals surface area contributed by atoms with Gasteiger partial charge < -0.3 is 27.4 Å². The van der Waals surface area contributed by atoms with Crippen LogP contribution in [-0.4, -0.2) is 27.9 Å². The first-order chi connectivity index (χ1) is 20.7. The molecule has 10 nitrogen and oxygen atoms in total. The fraction of sp³-hybridized carbons (Fsp3) is 0.344. The number of aryl methyl sites for hydroxylation is 1. The molecule has 0 atom stereocenters. The van der Waals surface area contributed by atoms with E-state index in [-0.39, 0.29) is 36.4 Å². The molecule has 0 spiro atoms. The van der Waals surface area contributed by atoms with Crippen LogP contribution in [0.25, 0.3) is 0 Å². The van der Waals surface area contributed by atoms with Crippen LogP contribution in [0.4, 0.5) is 5.13 Å². The SMILES string of the molecule is CC(C)CC(=O)NCc1cccc(CC(=O)Nc2nnc(CCCC/C(N)=C/C=C(\N)NC(=O)Cc3ccccc3)s2)c1. The summed E-state index contributed by atoms with van der Waals surface area (Å²) in [4.78, 5) is 36.6. The number of allylic oxidation sites excluding steroid dienone is 3. The van der Waals surface area contributed by atoms with Crippen LogP contribution in [0.3, 0.4) is 0 Å². The van der Waals surface area contributed by atoms with E-state index in [1.54, 1.807) is 12.2 Å². The Morgan fingerprint density at radius 3 is 2.35 bits per heavy atom. The average molecular weight is 604 g/mol. The predicted molar refractivity (Wildman–Crippen MR) is 170 cm³/mol. The Labute approximate surface area is 257 Å². The van der Waals surface area contributed by atoms with E-state index in [0.717, 1.165) is 41.0 Å². The Morgan fingerprint density at radius 1 is 0.860 bits per heavy atom. The summed E-state index contributed by atoms with van der Waals surface area (Å²) in [5, 5.41) is 18.0. The third-order valence-corrected chi connectivity index (χ3v) is 7.13. The van der Waals surface area contributed by atoms with Crippen molar-refractivity contribution in [1.29, 1.82) is 0 Å². The quantitative estimate of drug-likeness (QED) is 0.121. The second kappa shape index (κ2) is 17.4. The number of unbranched alkanes of at least 4 members (excludes halogenated alkanes) is 1. The fourth-order valence-electron chi connectivity index (χ4n) is 4.16. The van der Waals surface area contributed by atoms with Gasteiger partial charge in [-0.1, -0.05) is 79.8 Å². The number of hydrogen-bond acceptors (Lipinski definition) is 8. The van der Waals surface area contributed by atoms with Gasteiger partial charge in [0.1, 0.15) is 10.8 Å². The summed E-state index contributed by atoms with van der Waals surface area (Å²) in [6.07, 6.45) is 7.32. The summed E-state index contributed by atoms with van der Waals surface area (Å²) in [5.74, 6) is 0.201. The van der Waals surface area contributed by atoms with Gasteiger partial charge in [0, 0.05) is 25.1 Å². The lowest BCUT2D eigenvalue weighted by atomic mass is 10.1. The molecule has 43 heavy (non-hydrogen) atoms. The smallest absolute Gasteiger partial charge is 0.230 e. The zero-order chi connectivity index (χ0) is 31.0. The fourth-order valence-corrected chi connectivity index (χ4v) is 4.96. The molecule has 0 unspecified atom stereocenters. The zero-order valence-electron chi connectivity index (χ0n) is 24.8. The number of nitrogens with two attached hydrogens (primary N) is 2. The van der Waals surface area contributed by atoms with Gasteiger partial charge in [-0.15, -0.1) is 10.2 Å². The Morgan fingerprint density at radius 2 is 1.58 bits per heavy atom. The molecular formula is C32H41N7O3S. The molecule has 7 N–H and O–H groups in total. The first-order valence-corrected chi connectivity index (χ1v) is 15.2. The van der Waals surface area contributed by atoms with Gasteiger partial charge in [-0.2, -0.15) is 0 Å². The van der Waals surface area contributed by atoms with Gasteiger partial charge in [0.05, 0.1) is 12.8 Å². The number of hydrogen-bond donors (Lipinski definition) is 5. The first kappa shape index (κ1) is 33.0. The van der Waals surface area contributed by atoms with E-state index < -0.39 is 0 Å². The summed E-state index contributed by atoms with van der Waals surface area (Å²) in [5.41, 5.74) is 15.4. The van der Waals surface area contributed by atoms with E-state index in [1.165, 1.54) is 11.3 Å². The average Bonchev–Trinajstić information content (AvgIpc) is 3.40. The number of carbonyl (C=O) groups excluding carboxylic acids is 3. The molecule has 2 aromatic carbocycles. The normalized spacial score (nSPS) is 11.8. The van der Waals surface area contributed by atoms with Gasteiger partial charge in [0.2, 0.25) is 22.9 Å². The van der Waals surface area contributed by atoms with Crippen molar-refractivity contribution in [3.05, 3.63) is 100.0 Å². The molecule has 3 amide bonds. The number of nitrogens with zero attached hydrogens (tertiary/aromatic N) is 2. The molecule has 3 aromatic rings. The first-order valence-electron chi connectivity index (χ1n) is 14.4. The molecular weight excluding hydrogens is 562 g/mol. The van der Waals surface area contributed by atoms with Crippen LogP contribution in [0.15, 0.2) is 78.3 Å². The van der Waals surface area contributed by atoms with E-state index in [2.05, 4.69) is 26.1 Å². The Kier molecular flexibility index (Phi) is 13.4. The second-order valence-corrected chi connectivity index (χ2v) is 11.8. The van der Waals surface area contributed by atoms with E-state index >= 15 is 0 Å². The van der Waals surface area contributed by atoms with Crippen LogP contribution < -0.4 is 27.4 Å². The number of rotatable bonds is 16.